The van der Waals surface area contributed by atoms with Gasteiger partial charge in [0.05, 0.1) is 0 Å². The fraction of sp³-hybridized carbons (Fsp3) is 0.143. The predicted octanol–water partition coefficient (Wildman–Crippen LogP) is 1.09. The van der Waals surface area contributed by atoms with Crippen molar-refractivity contribution < 1.29 is 16.8 Å². The van der Waals surface area contributed by atoms with Crippen molar-refractivity contribution in [2.24, 2.45) is 0 Å². The first kappa shape index (κ1) is 18.1. The van der Waals surface area contributed by atoms with Crippen molar-refractivity contribution in [2.45, 2.75) is 23.6 Å². The number of hydrogen-bond acceptors (Lipinski definition) is 4. The van der Waals surface area contributed by atoms with Crippen LogP contribution in [0.5, 0.6) is 0 Å². The predicted molar refractivity (Wildman–Crippen MR) is 88.8 cm³/mol. The summed E-state index contributed by atoms with van der Waals surface area (Å²) in [7, 11) is -7.48. The van der Waals surface area contributed by atoms with E-state index in [1.165, 1.54) is 24.3 Å². The molecule has 0 amide bonds. The topological polar surface area (TPSA) is 92.3 Å². The van der Waals surface area contributed by atoms with Crippen molar-refractivity contribution in [1.29, 1.82) is 0 Å². The summed E-state index contributed by atoms with van der Waals surface area (Å²) >= 11 is -1.03. The summed E-state index contributed by atoms with van der Waals surface area (Å²) in [6.07, 6.45) is 0. The summed E-state index contributed by atoms with van der Waals surface area (Å²) in [5.74, 6) is 0. The van der Waals surface area contributed by atoms with Gasteiger partial charge in [0.1, 0.15) is 0 Å². The van der Waals surface area contributed by atoms with Crippen molar-refractivity contribution in [3.05, 3.63) is 59.7 Å². The molecule has 0 saturated carbocycles. The van der Waals surface area contributed by atoms with Crippen LogP contribution in [0.2, 0.25) is 0 Å². The second-order valence-electron chi connectivity index (χ2n) is 4.90. The number of rotatable bonds is 6. The summed E-state index contributed by atoms with van der Waals surface area (Å²) in [5.41, 5.74) is 1.88. The quantitative estimate of drug-likeness (QED) is 0.686. The molecule has 2 N–H and O–H groups in total. The molecule has 0 spiro atoms. The van der Waals surface area contributed by atoms with Crippen molar-refractivity contribution in [3.8, 4) is 0 Å². The van der Waals surface area contributed by atoms with Gasteiger partial charge in [-0.2, -0.15) is 0 Å². The Morgan fingerprint density at radius 3 is 1.26 bits per heavy atom. The monoisotopic (exact) mass is 420 g/mol. The van der Waals surface area contributed by atoms with Gasteiger partial charge in [-0.3, -0.25) is 0 Å². The van der Waals surface area contributed by atoms with E-state index in [9.17, 15) is 16.8 Å². The Morgan fingerprint density at radius 1 is 0.652 bits per heavy atom. The van der Waals surface area contributed by atoms with Crippen molar-refractivity contribution in [3.63, 3.8) is 0 Å². The summed E-state index contributed by atoms with van der Waals surface area (Å²) in [6, 6.07) is 12.6. The molecular weight excluding hydrogens is 403 g/mol. The molecule has 124 valence electrons. The molecule has 0 heterocycles. The molecule has 6 nitrogen and oxygen atoms in total. The molecule has 2 aromatic carbocycles. The Bertz CT molecular complexity index is 802. The second-order valence-corrected chi connectivity index (χ2v) is 10.7. The zero-order chi connectivity index (χ0) is 17.1. The van der Waals surface area contributed by atoms with E-state index in [0.717, 1.165) is 11.1 Å². The van der Waals surface area contributed by atoms with Crippen LogP contribution >= 0.6 is 0 Å². The minimum atomic E-state index is -3.74. The van der Waals surface area contributed by atoms with Crippen LogP contribution in [-0.4, -0.2) is 32.2 Å². The Morgan fingerprint density at radius 2 is 0.957 bits per heavy atom. The van der Waals surface area contributed by atoms with Crippen LogP contribution in [0.4, 0.5) is 0 Å². The van der Waals surface area contributed by atoms with E-state index in [2.05, 4.69) is 7.48 Å². The number of benzene rings is 2. The minimum absolute atomic E-state index is 0.0968. The molecule has 23 heavy (non-hydrogen) atoms. The first-order chi connectivity index (χ1) is 10.7. The van der Waals surface area contributed by atoms with E-state index in [1.807, 2.05) is 13.8 Å². The van der Waals surface area contributed by atoms with Gasteiger partial charge in [0.15, 0.2) is 0 Å². The Hall–Kier alpha value is -1.22. The molecular formula is C14H16N2O4S2Se. The van der Waals surface area contributed by atoms with E-state index < -0.39 is 35.4 Å². The molecule has 0 unspecified atom stereocenters. The number of sulfonamides is 2. The van der Waals surface area contributed by atoms with Crippen LogP contribution in [-0.2, 0) is 20.0 Å². The molecule has 0 fully saturated rings. The van der Waals surface area contributed by atoms with Crippen LogP contribution in [0.25, 0.3) is 0 Å². The van der Waals surface area contributed by atoms with Crippen LogP contribution in [0.1, 0.15) is 11.1 Å². The fourth-order valence-corrected chi connectivity index (χ4v) is 6.43. The van der Waals surface area contributed by atoms with Gasteiger partial charge in [-0.15, -0.1) is 0 Å². The molecule has 2 rings (SSSR count). The Balaban J connectivity index is 2.03. The molecule has 0 saturated heterocycles. The first-order valence-electron chi connectivity index (χ1n) is 6.53. The van der Waals surface area contributed by atoms with Gasteiger partial charge in [-0.25, -0.2) is 0 Å². The number of nitrogens with one attached hydrogen (secondary N) is 2. The van der Waals surface area contributed by atoms with Crippen LogP contribution in [0.3, 0.4) is 0 Å². The summed E-state index contributed by atoms with van der Waals surface area (Å²) in [5, 5.41) is 0. The molecule has 9 heteroatoms. The molecule has 0 aliphatic rings. The zero-order valence-electron chi connectivity index (χ0n) is 12.5. The normalized spacial score (nSPS) is 12.3. The van der Waals surface area contributed by atoms with Gasteiger partial charge in [0, 0.05) is 0 Å². The van der Waals surface area contributed by atoms with Crippen molar-refractivity contribution in [1.82, 2.24) is 7.48 Å². The molecule has 2 aromatic rings. The maximum absolute atomic E-state index is 12.1. The Labute approximate surface area is 143 Å². The van der Waals surface area contributed by atoms with E-state index in [0.29, 0.717) is 0 Å². The average Bonchev–Trinajstić information content (AvgIpc) is 2.47. The van der Waals surface area contributed by atoms with E-state index in [1.54, 1.807) is 24.3 Å². The Kier molecular flexibility index (Phi) is 5.61. The van der Waals surface area contributed by atoms with E-state index >= 15 is 0 Å². The fourth-order valence-electron chi connectivity index (χ4n) is 1.66. The first-order valence-corrected chi connectivity index (χ1v) is 11.2. The van der Waals surface area contributed by atoms with Crippen LogP contribution in [0.15, 0.2) is 58.3 Å². The van der Waals surface area contributed by atoms with E-state index in [4.69, 9.17) is 0 Å². The molecule has 0 atom stereocenters. The third-order valence-corrected chi connectivity index (χ3v) is 9.17. The second kappa shape index (κ2) is 7.12. The SMILES string of the molecule is Cc1ccc(S(=O)(=O)N[Se]NS(=O)(=O)c2ccc(C)cc2)cc1. The number of hydrogen-bond donors (Lipinski definition) is 2. The van der Waals surface area contributed by atoms with Gasteiger partial charge in [-0.05, 0) is 0 Å². The number of aryl methyl sites for hydroxylation is 2. The van der Waals surface area contributed by atoms with Gasteiger partial charge < -0.3 is 0 Å². The zero-order valence-corrected chi connectivity index (χ0v) is 15.8. The van der Waals surface area contributed by atoms with Crippen molar-refractivity contribution >= 4 is 35.4 Å². The molecule has 0 aliphatic heterocycles. The van der Waals surface area contributed by atoms with E-state index in [-0.39, 0.29) is 9.79 Å². The summed E-state index contributed by atoms with van der Waals surface area (Å²) in [4.78, 5) is 0.194. The summed E-state index contributed by atoms with van der Waals surface area (Å²) < 4.78 is 52.9. The molecule has 0 aromatic heterocycles. The molecule has 0 aliphatic carbocycles. The van der Waals surface area contributed by atoms with Crippen LogP contribution in [0, 0.1) is 13.8 Å². The van der Waals surface area contributed by atoms with Gasteiger partial charge in [0.2, 0.25) is 0 Å². The molecule has 0 bridgehead atoms. The third kappa shape index (κ3) is 4.87. The average molecular weight is 419 g/mol. The summed E-state index contributed by atoms with van der Waals surface area (Å²) in [6.45, 7) is 3.70. The third-order valence-electron chi connectivity index (χ3n) is 2.97. The van der Waals surface area contributed by atoms with Crippen LogP contribution < -0.4 is 7.48 Å². The standard InChI is InChI=1S/C14H16N2O4S2Se/c1-11-3-7-13(8-4-11)21(17,18)15-23-16-22(19,20)14-9-5-12(2)6-10-14/h3-10,15-16H,1-2H3. The van der Waals surface area contributed by atoms with Gasteiger partial charge in [0.25, 0.3) is 0 Å². The van der Waals surface area contributed by atoms with Gasteiger partial charge >= 0.3 is 143 Å². The maximum atomic E-state index is 12.1. The molecule has 0 radical (unpaired) electrons. The van der Waals surface area contributed by atoms with Crippen molar-refractivity contribution in [2.75, 3.05) is 0 Å². The van der Waals surface area contributed by atoms with Gasteiger partial charge in [-0.1, -0.05) is 0 Å².